The second-order valence-corrected chi connectivity index (χ2v) is 6.56. The van der Waals surface area contributed by atoms with Crippen LogP contribution in [-0.4, -0.2) is 43.0 Å². The molecule has 6 nitrogen and oxygen atoms in total. The zero-order valence-corrected chi connectivity index (χ0v) is 17.0. The number of nitrogens with one attached hydrogen (secondary N) is 1. The second-order valence-electron chi connectivity index (χ2n) is 6.56. The summed E-state index contributed by atoms with van der Waals surface area (Å²) in [6.45, 7) is 3.95. The molecule has 0 saturated heterocycles. The van der Waals surface area contributed by atoms with Gasteiger partial charge in [0.15, 0.2) is 18.2 Å². The number of carbonyl (C=O) groups excluding carboxylic acids is 2. The van der Waals surface area contributed by atoms with Crippen LogP contribution in [0.15, 0.2) is 48.5 Å². The first-order valence-electron chi connectivity index (χ1n) is 9.53. The molecule has 7 heteroatoms. The lowest BCUT2D eigenvalue weighted by atomic mass is 10.1. The Kier molecular flexibility index (Phi) is 8.45. The molecule has 1 atom stereocenters. The Morgan fingerprint density at radius 3 is 2.62 bits per heavy atom. The first-order valence-corrected chi connectivity index (χ1v) is 9.53. The summed E-state index contributed by atoms with van der Waals surface area (Å²) in [6, 6.07) is 12.4. The lowest BCUT2D eigenvalue weighted by molar-refractivity contribution is -0.142. The number of ether oxygens (including phenoxy) is 2. The summed E-state index contributed by atoms with van der Waals surface area (Å²) in [4.78, 5) is 26.7. The van der Waals surface area contributed by atoms with Crippen LogP contribution in [0, 0.1) is 5.82 Å². The minimum Gasteiger partial charge on any atom is -0.497 e. The van der Waals surface area contributed by atoms with Crippen LogP contribution in [0.4, 0.5) is 4.39 Å². The Hall–Kier alpha value is -3.09. The van der Waals surface area contributed by atoms with Crippen molar-refractivity contribution < 1.29 is 23.5 Å². The van der Waals surface area contributed by atoms with Crippen molar-refractivity contribution in [3.05, 3.63) is 59.9 Å². The molecule has 2 rings (SSSR count). The van der Waals surface area contributed by atoms with E-state index in [0.717, 1.165) is 12.0 Å². The largest absolute Gasteiger partial charge is 0.497 e. The van der Waals surface area contributed by atoms with E-state index in [4.69, 9.17) is 9.47 Å². The van der Waals surface area contributed by atoms with Crippen LogP contribution in [0.2, 0.25) is 0 Å². The first-order chi connectivity index (χ1) is 14.0. The predicted octanol–water partition coefficient (Wildman–Crippen LogP) is 3.16. The number of hydrogen-bond donors (Lipinski definition) is 1. The van der Waals surface area contributed by atoms with E-state index < -0.39 is 17.8 Å². The van der Waals surface area contributed by atoms with Gasteiger partial charge in [0.2, 0.25) is 5.91 Å². The molecule has 0 bridgehead atoms. The highest BCUT2D eigenvalue weighted by atomic mass is 19.1. The van der Waals surface area contributed by atoms with Crippen molar-refractivity contribution in [3.8, 4) is 11.5 Å². The summed E-state index contributed by atoms with van der Waals surface area (Å²) < 4.78 is 24.3. The number of hydrogen-bond acceptors (Lipinski definition) is 4. The molecule has 0 aliphatic heterocycles. The van der Waals surface area contributed by atoms with Gasteiger partial charge in [0.05, 0.1) is 7.11 Å². The molecular weight excluding hydrogens is 375 g/mol. The monoisotopic (exact) mass is 402 g/mol. The van der Waals surface area contributed by atoms with Crippen LogP contribution in [0.1, 0.15) is 25.8 Å². The summed E-state index contributed by atoms with van der Waals surface area (Å²) in [5, 5.41) is 2.80. The van der Waals surface area contributed by atoms with Crippen LogP contribution >= 0.6 is 0 Å². The molecule has 0 spiro atoms. The van der Waals surface area contributed by atoms with Crippen LogP contribution in [-0.2, 0) is 16.1 Å². The molecule has 0 aliphatic carbocycles. The van der Waals surface area contributed by atoms with Crippen molar-refractivity contribution in [3.63, 3.8) is 0 Å². The summed E-state index contributed by atoms with van der Waals surface area (Å²) in [5.74, 6) is -0.580. The van der Waals surface area contributed by atoms with E-state index in [2.05, 4.69) is 5.32 Å². The maximum Gasteiger partial charge on any atom is 0.261 e. The highest BCUT2D eigenvalue weighted by Crippen LogP contribution is 2.18. The molecule has 0 heterocycles. The summed E-state index contributed by atoms with van der Waals surface area (Å²) >= 11 is 0. The average molecular weight is 402 g/mol. The normalized spacial score (nSPS) is 11.4. The van der Waals surface area contributed by atoms with Gasteiger partial charge in [-0.05, 0) is 43.2 Å². The zero-order valence-electron chi connectivity index (χ0n) is 17.0. The Bertz CT molecular complexity index is 828. The number of rotatable bonds is 10. The predicted molar refractivity (Wildman–Crippen MR) is 108 cm³/mol. The minimum absolute atomic E-state index is 0.00901. The van der Waals surface area contributed by atoms with Gasteiger partial charge < -0.3 is 19.7 Å². The molecule has 2 amide bonds. The summed E-state index contributed by atoms with van der Waals surface area (Å²) in [6.07, 6.45) is 0.790. The molecule has 0 fully saturated rings. The minimum atomic E-state index is -0.718. The van der Waals surface area contributed by atoms with Gasteiger partial charge in [-0.25, -0.2) is 4.39 Å². The Labute approximate surface area is 170 Å². The van der Waals surface area contributed by atoms with Gasteiger partial charge in [-0.2, -0.15) is 0 Å². The molecule has 2 aromatic carbocycles. The fraction of sp³-hybridized carbons (Fsp3) is 0.364. The zero-order chi connectivity index (χ0) is 21.2. The fourth-order valence-corrected chi connectivity index (χ4v) is 2.73. The Balaban J connectivity index is 2.16. The molecule has 0 saturated carbocycles. The lowest BCUT2D eigenvalue weighted by Crippen LogP contribution is -2.49. The van der Waals surface area contributed by atoms with Crippen LogP contribution in [0.3, 0.4) is 0 Å². The average Bonchev–Trinajstić information content (AvgIpc) is 2.74. The standard InChI is InChI=1S/C22H27FN2O4/c1-4-12-24-22(27)16(2)25(14-17-8-7-9-18(13-17)28-3)21(26)15-29-20-11-6-5-10-19(20)23/h5-11,13,16H,4,12,14-15H2,1-3H3,(H,24,27). The van der Waals surface area contributed by atoms with Gasteiger partial charge in [0.1, 0.15) is 11.8 Å². The maximum atomic E-state index is 13.8. The lowest BCUT2D eigenvalue weighted by Gasteiger charge is -2.28. The van der Waals surface area contributed by atoms with E-state index in [1.165, 1.54) is 17.0 Å². The maximum absolute atomic E-state index is 13.8. The van der Waals surface area contributed by atoms with Gasteiger partial charge in [0, 0.05) is 13.1 Å². The van der Waals surface area contributed by atoms with Gasteiger partial charge in [-0.3, -0.25) is 9.59 Å². The van der Waals surface area contributed by atoms with Crippen molar-refractivity contribution in [2.24, 2.45) is 0 Å². The van der Waals surface area contributed by atoms with E-state index in [-0.39, 0.29) is 24.8 Å². The third-order valence-corrected chi connectivity index (χ3v) is 4.39. The molecule has 2 aromatic rings. The quantitative estimate of drug-likeness (QED) is 0.663. The van der Waals surface area contributed by atoms with E-state index >= 15 is 0 Å². The topological polar surface area (TPSA) is 67.9 Å². The fourth-order valence-electron chi connectivity index (χ4n) is 2.73. The van der Waals surface area contributed by atoms with Crippen molar-refractivity contribution in [1.29, 1.82) is 0 Å². The third-order valence-electron chi connectivity index (χ3n) is 4.39. The second kappa shape index (κ2) is 11.0. The van der Waals surface area contributed by atoms with Crippen LogP contribution in [0.25, 0.3) is 0 Å². The molecule has 1 unspecified atom stereocenters. The number of benzene rings is 2. The van der Waals surface area contributed by atoms with Crippen molar-refractivity contribution in [2.45, 2.75) is 32.9 Å². The van der Waals surface area contributed by atoms with Gasteiger partial charge in [-0.15, -0.1) is 0 Å². The Morgan fingerprint density at radius 2 is 1.93 bits per heavy atom. The summed E-state index contributed by atoms with van der Waals surface area (Å²) in [7, 11) is 1.56. The molecule has 0 radical (unpaired) electrons. The van der Waals surface area contributed by atoms with E-state index in [0.29, 0.717) is 12.3 Å². The van der Waals surface area contributed by atoms with Gasteiger partial charge in [0.25, 0.3) is 5.91 Å². The highest BCUT2D eigenvalue weighted by molar-refractivity contribution is 5.87. The number of para-hydroxylation sites is 1. The molecule has 0 aliphatic rings. The number of carbonyl (C=O) groups is 2. The van der Waals surface area contributed by atoms with E-state index in [9.17, 15) is 14.0 Å². The molecule has 29 heavy (non-hydrogen) atoms. The molecule has 1 N–H and O–H groups in total. The number of amides is 2. The van der Waals surface area contributed by atoms with Gasteiger partial charge >= 0.3 is 0 Å². The number of nitrogens with zero attached hydrogens (tertiary/aromatic N) is 1. The van der Waals surface area contributed by atoms with Crippen LogP contribution in [0.5, 0.6) is 11.5 Å². The number of halogens is 1. The highest BCUT2D eigenvalue weighted by Gasteiger charge is 2.26. The number of methoxy groups -OCH3 is 1. The van der Waals surface area contributed by atoms with Crippen molar-refractivity contribution in [2.75, 3.05) is 20.3 Å². The molecular formula is C22H27FN2O4. The SMILES string of the molecule is CCCNC(=O)C(C)N(Cc1cccc(OC)c1)C(=O)COc1ccccc1F. The molecule has 0 aromatic heterocycles. The third kappa shape index (κ3) is 6.48. The van der Waals surface area contributed by atoms with E-state index in [1.807, 2.05) is 19.1 Å². The Morgan fingerprint density at radius 1 is 1.17 bits per heavy atom. The summed E-state index contributed by atoms with van der Waals surface area (Å²) in [5.41, 5.74) is 0.804. The van der Waals surface area contributed by atoms with Crippen LogP contribution < -0.4 is 14.8 Å². The van der Waals surface area contributed by atoms with E-state index in [1.54, 1.807) is 38.3 Å². The van der Waals surface area contributed by atoms with Crippen molar-refractivity contribution in [1.82, 2.24) is 10.2 Å². The molecule has 156 valence electrons. The van der Waals surface area contributed by atoms with Crippen molar-refractivity contribution >= 4 is 11.8 Å². The van der Waals surface area contributed by atoms with Gasteiger partial charge in [-0.1, -0.05) is 31.2 Å². The smallest absolute Gasteiger partial charge is 0.261 e. The first kappa shape index (κ1) is 22.2.